The lowest BCUT2D eigenvalue weighted by atomic mass is 10.2. The summed E-state index contributed by atoms with van der Waals surface area (Å²) in [5, 5.41) is 10.1. The summed E-state index contributed by atoms with van der Waals surface area (Å²) in [6.07, 6.45) is 0.570. The van der Waals surface area contributed by atoms with E-state index in [4.69, 9.17) is 16.3 Å². The van der Waals surface area contributed by atoms with Crippen LogP contribution in [0.5, 0.6) is 11.6 Å². The van der Waals surface area contributed by atoms with Gasteiger partial charge in [0.1, 0.15) is 5.82 Å². The number of hydrogen-bond acceptors (Lipinski definition) is 4. The number of nitrogens with zero attached hydrogens (tertiary/aromatic N) is 2. The van der Waals surface area contributed by atoms with E-state index in [-0.39, 0.29) is 23.0 Å². The standard InChI is InChI=1S/C12H8ClFN2O2/c13-6-1-2-8(14)7(5-6)11-15-9-3-4-18-10(9)12(17)16-11/h1-2,5H,3-4H2,(H,15,16,17). The molecule has 2 heterocycles. The summed E-state index contributed by atoms with van der Waals surface area (Å²) in [5.74, 6) is -0.373. The third-order valence-electron chi connectivity index (χ3n) is 2.67. The Labute approximate surface area is 107 Å². The Bertz CT molecular complexity index is 634. The highest BCUT2D eigenvalue weighted by Crippen LogP contribution is 2.34. The molecule has 0 saturated carbocycles. The van der Waals surface area contributed by atoms with Crippen molar-refractivity contribution < 1.29 is 14.2 Å². The van der Waals surface area contributed by atoms with Crippen molar-refractivity contribution in [2.24, 2.45) is 0 Å². The molecular formula is C12H8ClFN2O2. The fourth-order valence-electron chi connectivity index (χ4n) is 1.84. The highest BCUT2D eigenvalue weighted by atomic mass is 35.5. The first-order valence-electron chi connectivity index (χ1n) is 5.33. The van der Waals surface area contributed by atoms with Gasteiger partial charge in [-0.15, -0.1) is 0 Å². The molecule has 0 aliphatic carbocycles. The Kier molecular flexibility index (Phi) is 2.56. The van der Waals surface area contributed by atoms with Gasteiger partial charge < -0.3 is 9.84 Å². The minimum Gasteiger partial charge on any atom is -0.491 e. The van der Waals surface area contributed by atoms with E-state index in [0.29, 0.717) is 23.7 Å². The highest BCUT2D eigenvalue weighted by Gasteiger charge is 2.22. The minimum absolute atomic E-state index is 0.108. The Morgan fingerprint density at radius 2 is 2.17 bits per heavy atom. The van der Waals surface area contributed by atoms with E-state index in [0.717, 1.165) is 0 Å². The maximum absolute atomic E-state index is 13.7. The fraction of sp³-hybridized carbons (Fsp3) is 0.167. The van der Waals surface area contributed by atoms with Gasteiger partial charge in [-0.25, -0.2) is 9.37 Å². The van der Waals surface area contributed by atoms with E-state index in [1.54, 1.807) is 0 Å². The van der Waals surface area contributed by atoms with Crippen molar-refractivity contribution in [3.63, 3.8) is 0 Å². The molecule has 0 fully saturated rings. The van der Waals surface area contributed by atoms with Crippen LogP contribution in [0.15, 0.2) is 18.2 Å². The Morgan fingerprint density at radius 1 is 1.33 bits per heavy atom. The van der Waals surface area contributed by atoms with Crippen LogP contribution in [0.1, 0.15) is 5.69 Å². The molecule has 0 atom stereocenters. The summed E-state index contributed by atoms with van der Waals surface area (Å²) in [5.41, 5.74) is 0.740. The van der Waals surface area contributed by atoms with Gasteiger partial charge >= 0.3 is 0 Å². The summed E-state index contributed by atoms with van der Waals surface area (Å²) >= 11 is 5.81. The topological polar surface area (TPSA) is 55.2 Å². The molecule has 1 aliphatic heterocycles. The third kappa shape index (κ3) is 1.76. The molecule has 0 amide bonds. The van der Waals surface area contributed by atoms with E-state index in [9.17, 15) is 9.50 Å². The number of aromatic nitrogens is 2. The number of fused-ring (bicyclic) bond motifs is 1. The summed E-state index contributed by atoms with van der Waals surface area (Å²) in [7, 11) is 0. The zero-order valence-electron chi connectivity index (χ0n) is 9.15. The quantitative estimate of drug-likeness (QED) is 0.862. The van der Waals surface area contributed by atoms with Crippen LogP contribution in [-0.4, -0.2) is 21.7 Å². The van der Waals surface area contributed by atoms with Crippen molar-refractivity contribution >= 4 is 11.6 Å². The monoisotopic (exact) mass is 266 g/mol. The zero-order chi connectivity index (χ0) is 12.7. The molecule has 1 aliphatic rings. The van der Waals surface area contributed by atoms with E-state index >= 15 is 0 Å². The molecule has 0 unspecified atom stereocenters. The number of benzene rings is 1. The molecule has 3 rings (SSSR count). The van der Waals surface area contributed by atoms with Crippen LogP contribution in [0.3, 0.4) is 0 Å². The second-order valence-corrected chi connectivity index (χ2v) is 4.31. The first kappa shape index (κ1) is 11.2. The Balaban J connectivity index is 2.18. The summed E-state index contributed by atoms with van der Waals surface area (Å²) in [6.45, 7) is 0.444. The van der Waals surface area contributed by atoms with Crippen molar-refractivity contribution in [2.45, 2.75) is 6.42 Å². The molecule has 0 bridgehead atoms. The second-order valence-electron chi connectivity index (χ2n) is 3.87. The van der Waals surface area contributed by atoms with E-state index < -0.39 is 5.82 Å². The van der Waals surface area contributed by atoms with Gasteiger partial charge in [-0.2, -0.15) is 4.98 Å². The van der Waals surface area contributed by atoms with Gasteiger partial charge in [-0.3, -0.25) is 0 Å². The van der Waals surface area contributed by atoms with Crippen LogP contribution >= 0.6 is 11.6 Å². The smallest absolute Gasteiger partial charge is 0.258 e. The summed E-state index contributed by atoms with van der Waals surface area (Å²) in [6, 6.07) is 4.10. The van der Waals surface area contributed by atoms with Gasteiger partial charge in [0.05, 0.1) is 17.9 Å². The van der Waals surface area contributed by atoms with Gasteiger partial charge in [-0.05, 0) is 18.2 Å². The zero-order valence-corrected chi connectivity index (χ0v) is 9.91. The third-order valence-corrected chi connectivity index (χ3v) is 2.91. The molecule has 1 aromatic heterocycles. The number of aromatic hydroxyl groups is 1. The molecule has 92 valence electrons. The van der Waals surface area contributed by atoms with Crippen LogP contribution in [0.4, 0.5) is 4.39 Å². The second kappa shape index (κ2) is 4.10. The van der Waals surface area contributed by atoms with Crippen LogP contribution in [-0.2, 0) is 6.42 Å². The first-order valence-corrected chi connectivity index (χ1v) is 5.71. The molecule has 6 heteroatoms. The van der Waals surface area contributed by atoms with Crippen LogP contribution in [0, 0.1) is 5.82 Å². The number of ether oxygens (including phenoxy) is 1. The van der Waals surface area contributed by atoms with Crippen molar-refractivity contribution in [2.75, 3.05) is 6.61 Å². The summed E-state index contributed by atoms with van der Waals surface area (Å²) in [4.78, 5) is 8.03. The molecule has 2 aromatic rings. The SMILES string of the molecule is Oc1nc(-c2cc(Cl)ccc2F)nc2c1OCC2. The normalized spacial score (nSPS) is 13.2. The largest absolute Gasteiger partial charge is 0.491 e. The van der Waals surface area contributed by atoms with Gasteiger partial charge in [-0.1, -0.05) is 11.6 Å². The average Bonchev–Trinajstić information content (AvgIpc) is 2.81. The number of halogens is 2. The molecular weight excluding hydrogens is 259 g/mol. The van der Waals surface area contributed by atoms with Gasteiger partial charge in [0.2, 0.25) is 5.75 Å². The van der Waals surface area contributed by atoms with Crippen molar-refractivity contribution in [1.82, 2.24) is 9.97 Å². The molecule has 4 nitrogen and oxygen atoms in total. The average molecular weight is 267 g/mol. The van der Waals surface area contributed by atoms with Crippen LogP contribution in [0.2, 0.25) is 5.02 Å². The van der Waals surface area contributed by atoms with Crippen LogP contribution in [0.25, 0.3) is 11.4 Å². The lowest BCUT2D eigenvalue weighted by molar-refractivity contribution is 0.329. The lowest BCUT2D eigenvalue weighted by Crippen LogP contribution is -1.96. The first-order chi connectivity index (χ1) is 8.65. The molecule has 0 radical (unpaired) electrons. The minimum atomic E-state index is -0.488. The Morgan fingerprint density at radius 3 is 3.00 bits per heavy atom. The maximum Gasteiger partial charge on any atom is 0.258 e. The van der Waals surface area contributed by atoms with Gasteiger partial charge in [0.25, 0.3) is 5.88 Å². The predicted molar refractivity (Wildman–Crippen MR) is 63.3 cm³/mol. The van der Waals surface area contributed by atoms with Gasteiger partial charge in [0.15, 0.2) is 5.82 Å². The number of rotatable bonds is 1. The van der Waals surface area contributed by atoms with Crippen molar-refractivity contribution in [1.29, 1.82) is 0 Å². The maximum atomic E-state index is 13.7. The fourth-order valence-corrected chi connectivity index (χ4v) is 2.01. The lowest BCUT2D eigenvalue weighted by Gasteiger charge is -2.06. The molecule has 0 saturated heterocycles. The van der Waals surface area contributed by atoms with E-state index in [2.05, 4.69) is 9.97 Å². The molecule has 18 heavy (non-hydrogen) atoms. The van der Waals surface area contributed by atoms with Crippen LogP contribution < -0.4 is 4.74 Å². The predicted octanol–water partition coefficient (Wildman–Crippen LogP) is 2.58. The molecule has 0 spiro atoms. The van der Waals surface area contributed by atoms with Crippen molar-refractivity contribution in [3.8, 4) is 23.0 Å². The Hall–Kier alpha value is -1.88. The highest BCUT2D eigenvalue weighted by molar-refractivity contribution is 6.30. The number of hydrogen-bond donors (Lipinski definition) is 1. The van der Waals surface area contributed by atoms with E-state index in [1.165, 1.54) is 18.2 Å². The van der Waals surface area contributed by atoms with Gasteiger partial charge in [0, 0.05) is 11.4 Å². The molecule has 1 N–H and O–H groups in total. The molecule has 1 aromatic carbocycles. The van der Waals surface area contributed by atoms with E-state index in [1.807, 2.05) is 0 Å². The van der Waals surface area contributed by atoms with Crippen molar-refractivity contribution in [3.05, 3.63) is 34.7 Å². The summed E-state index contributed by atoms with van der Waals surface area (Å²) < 4.78 is 18.9.